The number of hydrogen-bond acceptors (Lipinski definition) is 3. The van der Waals surface area contributed by atoms with Crippen molar-refractivity contribution in [2.24, 2.45) is 0 Å². The quantitative estimate of drug-likeness (QED) is 0.660. The van der Waals surface area contributed by atoms with Crippen molar-refractivity contribution >= 4 is 34.6 Å². The van der Waals surface area contributed by atoms with Crippen molar-refractivity contribution in [3.05, 3.63) is 67.9 Å². The first-order valence-electron chi connectivity index (χ1n) is 5.59. The molecule has 0 aliphatic rings. The Morgan fingerprint density at radius 1 is 1.20 bits per heavy atom. The summed E-state index contributed by atoms with van der Waals surface area (Å²) in [7, 11) is 0. The van der Waals surface area contributed by atoms with Crippen LogP contribution in [0, 0.1) is 15.9 Å². The number of halogens is 3. The molecule has 0 aliphatic carbocycles. The van der Waals surface area contributed by atoms with Crippen molar-refractivity contribution in [3.63, 3.8) is 0 Å². The van der Waals surface area contributed by atoms with Crippen LogP contribution in [-0.2, 0) is 6.54 Å². The van der Waals surface area contributed by atoms with Gasteiger partial charge in [-0.1, -0.05) is 29.3 Å². The van der Waals surface area contributed by atoms with Crippen LogP contribution >= 0.6 is 23.2 Å². The zero-order valence-electron chi connectivity index (χ0n) is 10.1. The molecule has 4 nitrogen and oxygen atoms in total. The number of nitrogens with one attached hydrogen (secondary N) is 1. The van der Waals surface area contributed by atoms with Crippen LogP contribution in [-0.4, -0.2) is 4.92 Å². The second-order valence-electron chi connectivity index (χ2n) is 3.97. The molecule has 104 valence electrons. The Bertz CT molecular complexity index is 665. The highest BCUT2D eigenvalue weighted by molar-refractivity contribution is 6.33. The lowest BCUT2D eigenvalue weighted by Crippen LogP contribution is -2.04. The minimum atomic E-state index is -0.505. The highest BCUT2D eigenvalue weighted by atomic mass is 35.5. The van der Waals surface area contributed by atoms with Crippen LogP contribution in [0.5, 0.6) is 0 Å². The average molecular weight is 315 g/mol. The van der Waals surface area contributed by atoms with E-state index < -0.39 is 10.7 Å². The van der Waals surface area contributed by atoms with Crippen LogP contribution in [0.15, 0.2) is 36.4 Å². The monoisotopic (exact) mass is 314 g/mol. The predicted molar refractivity (Wildman–Crippen MR) is 76.8 cm³/mol. The number of nitro groups is 1. The maximum Gasteiger partial charge on any atom is 0.275 e. The zero-order chi connectivity index (χ0) is 14.7. The summed E-state index contributed by atoms with van der Waals surface area (Å²) < 4.78 is 12.9. The number of rotatable bonds is 4. The fourth-order valence-electron chi connectivity index (χ4n) is 1.71. The standard InChI is InChI=1S/C13H9Cl2FN2O2/c14-10-2-1-3-13(18(19)20)9(10)7-17-12-5-4-8(16)6-11(12)15/h1-6,17H,7H2. The van der Waals surface area contributed by atoms with E-state index in [1.165, 1.54) is 24.3 Å². The molecule has 2 aromatic rings. The third-order valence-corrected chi connectivity index (χ3v) is 3.34. The lowest BCUT2D eigenvalue weighted by Gasteiger charge is -2.10. The van der Waals surface area contributed by atoms with Gasteiger partial charge < -0.3 is 5.32 Å². The summed E-state index contributed by atoms with van der Waals surface area (Å²) >= 11 is 11.8. The predicted octanol–water partition coefficient (Wildman–Crippen LogP) is 4.65. The highest BCUT2D eigenvalue weighted by Gasteiger charge is 2.16. The van der Waals surface area contributed by atoms with Gasteiger partial charge in [0.25, 0.3) is 5.69 Å². The fourth-order valence-corrected chi connectivity index (χ4v) is 2.18. The van der Waals surface area contributed by atoms with Gasteiger partial charge in [-0.05, 0) is 24.3 Å². The summed E-state index contributed by atoms with van der Waals surface area (Å²) in [6.07, 6.45) is 0. The van der Waals surface area contributed by atoms with Crippen molar-refractivity contribution in [2.45, 2.75) is 6.54 Å². The Hall–Kier alpha value is -1.85. The summed E-state index contributed by atoms with van der Waals surface area (Å²) in [5, 5.41) is 14.3. The number of hydrogen-bond donors (Lipinski definition) is 1. The molecule has 0 atom stereocenters. The molecule has 0 aromatic heterocycles. The lowest BCUT2D eigenvalue weighted by molar-refractivity contribution is -0.385. The largest absolute Gasteiger partial charge is 0.379 e. The van der Waals surface area contributed by atoms with E-state index in [-0.39, 0.29) is 22.3 Å². The molecule has 0 aliphatic heterocycles. The van der Waals surface area contributed by atoms with Gasteiger partial charge >= 0.3 is 0 Å². The molecular weight excluding hydrogens is 306 g/mol. The molecule has 0 heterocycles. The van der Waals surface area contributed by atoms with Gasteiger partial charge in [0, 0.05) is 12.6 Å². The van der Waals surface area contributed by atoms with E-state index >= 15 is 0 Å². The second-order valence-corrected chi connectivity index (χ2v) is 4.79. The molecule has 0 bridgehead atoms. The summed E-state index contributed by atoms with van der Waals surface area (Å²) in [5.74, 6) is -0.454. The van der Waals surface area contributed by atoms with E-state index in [0.717, 1.165) is 6.07 Å². The number of nitrogens with zero attached hydrogens (tertiary/aromatic N) is 1. The van der Waals surface area contributed by atoms with Gasteiger partial charge in [-0.15, -0.1) is 0 Å². The third kappa shape index (κ3) is 3.18. The van der Waals surface area contributed by atoms with Crippen LogP contribution < -0.4 is 5.32 Å². The normalized spacial score (nSPS) is 10.3. The van der Waals surface area contributed by atoms with E-state index in [0.29, 0.717) is 11.3 Å². The van der Waals surface area contributed by atoms with E-state index in [4.69, 9.17) is 23.2 Å². The molecule has 0 saturated heterocycles. The molecule has 7 heteroatoms. The van der Waals surface area contributed by atoms with Gasteiger partial charge in [-0.3, -0.25) is 10.1 Å². The second kappa shape index (κ2) is 6.07. The topological polar surface area (TPSA) is 55.2 Å². The van der Waals surface area contributed by atoms with Gasteiger partial charge in [0.1, 0.15) is 5.82 Å². The fraction of sp³-hybridized carbons (Fsp3) is 0.0769. The Morgan fingerprint density at radius 2 is 1.95 bits per heavy atom. The molecule has 1 N–H and O–H groups in total. The molecule has 2 rings (SSSR count). The first kappa shape index (κ1) is 14.6. The van der Waals surface area contributed by atoms with E-state index in [1.807, 2.05) is 0 Å². The van der Waals surface area contributed by atoms with Gasteiger partial charge in [-0.2, -0.15) is 0 Å². The van der Waals surface area contributed by atoms with Crippen molar-refractivity contribution in [2.75, 3.05) is 5.32 Å². The number of nitro benzene ring substituents is 1. The van der Waals surface area contributed by atoms with E-state index in [1.54, 1.807) is 6.07 Å². The van der Waals surface area contributed by atoms with E-state index in [9.17, 15) is 14.5 Å². The molecule has 0 spiro atoms. The van der Waals surface area contributed by atoms with Crippen LogP contribution in [0.2, 0.25) is 10.0 Å². The smallest absolute Gasteiger partial charge is 0.275 e. The Kier molecular flexibility index (Phi) is 4.42. The third-order valence-electron chi connectivity index (χ3n) is 2.68. The minimum Gasteiger partial charge on any atom is -0.379 e. The molecule has 20 heavy (non-hydrogen) atoms. The average Bonchev–Trinajstić information content (AvgIpc) is 2.38. The molecule has 0 radical (unpaired) electrons. The van der Waals surface area contributed by atoms with E-state index in [2.05, 4.69) is 5.32 Å². The number of anilines is 1. The summed E-state index contributed by atoms with van der Waals surface area (Å²) in [4.78, 5) is 10.4. The van der Waals surface area contributed by atoms with Gasteiger partial charge in [-0.25, -0.2) is 4.39 Å². The van der Waals surface area contributed by atoms with Crippen molar-refractivity contribution in [3.8, 4) is 0 Å². The SMILES string of the molecule is O=[N+]([O-])c1cccc(Cl)c1CNc1ccc(F)cc1Cl. The Balaban J connectivity index is 2.25. The summed E-state index contributed by atoms with van der Waals surface area (Å²) in [6.45, 7) is 0.112. The van der Waals surface area contributed by atoms with Crippen molar-refractivity contribution in [1.29, 1.82) is 0 Å². The molecule has 0 unspecified atom stereocenters. The van der Waals surface area contributed by atoms with Gasteiger partial charge in [0.15, 0.2) is 0 Å². The number of benzene rings is 2. The summed E-state index contributed by atoms with van der Waals surface area (Å²) in [5.41, 5.74) is 0.741. The molecule has 0 fully saturated rings. The maximum atomic E-state index is 12.9. The summed E-state index contributed by atoms with van der Waals surface area (Å²) in [6, 6.07) is 8.31. The lowest BCUT2D eigenvalue weighted by atomic mass is 10.1. The molecule has 0 amide bonds. The molecular formula is C13H9Cl2FN2O2. The van der Waals surface area contributed by atoms with Crippen LogP contribution in [0.4, 0.5) is 15.8 Å². The first-order chi connectivity index (χ1) is 9.49. The molecule has 0 saturated carbocycles. The van der Waals surface area contributed by atoms with Crippen molar-refractivity contribution in [1.82, 2.24) is 0 Å². The van der Waals surface area contributed by atoms with Gasteiger partial charge in [0.2, 0.25) is 0 Å². The molecule has 2 aromatic carbocycles. The van der Waals surface area contributed by atoms with Crippen molar-refractivity contribution < 1.29 is 9.31 Å². The highest BCUT2D eigenvalue weighted by Crippen LogP contribution is 2.29. The Labute approximate surface area is 124 Å². The van der Waals surface area contributed by atoms with Gasteiger partial charge in [0.05, 0.1) is 26.2 Å². The zero-order valence-corrected chi connectivity index (χ0v) is 11.6. The first-order valence-corrected chi connectivity index (χ1v) is 6.35. The van der Waals surface area contributed by atoms with Crippen LogP contribution in [0.1, 0.15) is 5.56 Å². The minimum absolute atomic E-state index is 0.0803. The maximum absolute atomic E-state index is 12.9. The van der Waals surface area contributed by atoms with Crippen LogP contribution in [0.25, 0.3) is 0 Å². The van der Waals surface area contributed by atoms with Crippen LogP contribution in [0.3, 0.4) is 0 Å². The Morgan fingerprint density at radius 3 is 2.60 bits per heavy atom.